The van der Waals surface area contributed by atoms with Crippen molar-refractivity contribution in [2.24, 2.45) is 10.9 Å². The van der Waals surface area contributed by atoms with Gasteiger partial charge in [-0.05, 0) is 48.5 Å². The Kier molecular flexibility index (Phi) is 5.18. The van der Waals surface area contributed by atoms with Crippen LogP contribution in [0.2, 0.25) is 0 Å². The zero-order chi connectivity index (χ0) is 20.4. The van der Waals surface area contributed by atoms with Crippen LogP contribution in [-0.4, -0.2) is 34.7 Å². The number of hydrogen-bond donors (Lipinski definition) is 2. The molecule has 3 aromatic rings. The number of fused-ring (bicyclic) bond motifs is 1. The highest BCUT2D eigenvalue weighted by Crippen LogP contribution is 2.21. The maximum atomic E-state index is 13.5. The van der Waals surface area contributed by atoms with E-state index in [2.05, 4.69) is 15.3 Å². The van der Waals surface area contributed by atoms with Crippen LogP contribution >= 0.6 is 12.2 Å². The van der Waals surface area contributed by atoms with Crippen LogP contribution in [-0.2, 0) is 16.0 Å². The maximum absolute atomic E-state index is 13.5. The molecule has 1 saturated heterocycles. The summed E-state index contributed by atoms with van der Waals surface area (Å²) in [4.78, 5) is 33.7. The Morgan fingerprint density at radius 2 is 2.00 bits per heavy atom. The third-order valence-corrected chi connectivity index (χ3v) is 4.99. The number of anilines is 1. The van der Waals surface area contributed by atoms with Crippen molar-refractivity contribution in [2.75, 3.05) is 11.4 Å². The molecule has 0 saturated carbocycles. The van der Waals surface area contributed by atoms with Crippen LogP contribution in [0.4, 0.5) is 10.1 Å². The van der Waals surface area contributed by atoms with E-state index in [9.17, 15) is 14.0 Å². The average Bonchev–Trinajstić information content (AvgIpc) is 3.10. The number of para-hydroxylation sites is 1. The largest absolute Gasteiger partial charge is 0.361 e. The van der Waals surface area contributed by atoms with Gasteiger partial charge in [-0.25, -0.2) is 4.39 Å². The number of benzene rings is 2. The van der Waals surface area contributed by atoms with Crippen LogP contribution in [0.15, 0.2) is 59.7 Å². The number of amides is 2. The van der Waals surface area contributed by atoms with Crippen molar-refractivity contribution < 1.29 is 14.0 Å². The summed E-state index contributed by atoms with van der Waals surface area (Å²) in [5, 5.41) is 3.53. The van der Waals surface area contributed by atoms with Crippen LogP contribution in [0.1, 0.15) is 5.56 Å². The lowest BCUT2D eigenvalue weighted by Gasteiger charge is -2.30. The molecule has 29 heavy (non-hydrogen) atoms. The van der Waals surface area contributed by atoms with Gasteiger partial charge in [-0.1, -0.05) is 24.3 Å². The smallest absolute Gasteiger partial charge is 0.251 e. The fourth-order valence-corrected chi connectivity index (χ4v) is 3.58. The zero-order valence-electron chi connectivity index (χ0n) is 15.3. The molecule has 2 N–H and O–H groups in total. The Morgan fingerprint density at radius 1 is 1.17 bits per heavy atom. The summed E-state index contributed by atoms with van der Waals surface area (Å²) in [7, 11) is 0. The molecule has 146 valence electrons. The van der Waals surface area contributed by atoms with E-state index in [1.54, 1.807) is 6.07 Å². The van der Waals surface area contributed by atoms with Gasteiger partial charge in [0.2, 0.25) is 5.91 Å². The molecule has 1 aromatic heterocycles. The van der Waals surface area contributed by atoms with Crippen molar-refractivity contribution in [3.63, 3.8) is 0 Å². The minimum Gasteiger partial charge on any atom is -0.361 e. The number of thiocarbonyl (C=S) groups is 1. The first-order valence-corrected chi connectivity index (χ1v) is 9.45. The molecule has 6 nitrogen and oxygen atoms in total. The Balaban J connectivity index is 1.47. The van der Waals surface area contributed by atoms with E-state index in [1.807, 2.05) is 30.5 Å². The van der Waals surface area contributed by atoms with Gasteiger partial charge >= 0.3 is 0 Å². The number of nitrogens with zero attached hydrogens (tertiary/aromatic N) is 2. The normalized spacial score (nSPS) is 17.3. The van der Waals surface area contributed by atoms with Crippen LogP contribution in [0.25, 0.3) is 10.9 Å². The number of aromatic nitrogens is 1. The van der Waals surface area contributed by atoms with Crippen molar-refractivity contribution in [3.05, 3.63) is 66.1 Å². The van der Waals surface area contributed by atoms with Gasteiger partial charge in [-0.2, -0.15) is 0 Å². The molecule has 0 spiro atoms. The van der Waals surface area contributed by atoms with Gasteiger partial charge in [-0.3, -0.25) is 19.5 Å². The number of carbonyl (C=O) groups excluding carboxylic acids is 2. The molecule has 0 aliphatic carbocycles. The highest BCUT2D eigenvalue weighted by Gasteiger charge is 2.38. The molecule has 2 heterocycles. The number of hydrogen-bond acceptors (Lipinski definition) is 4. The van der Waals surface area contributed by atoms with E-state index < -0.39 is 23.5 Å². The monoisotopic (exact) mass is 408 g/mol. The fourth-order valence-electron chi connectivity index (χ4n) is 3.28. The number of aliphatic imine (C=N–C) groups is 1. The predicted octanol–water partition coefficient (Wildman–Crippen LogP) is 2.98. The van der Waals surface area contributed by atoms with Gasteiger partial charge in [0.15, 0.2) is 11.0 Å². The second kappa shape index (κ2) is 7.92. The van der Waals surface area contributed by atoms with Crippen molar-refractivity contribution >= 4 is 51.9 Å². The first kappa shape index (κ1) is 18.9. The van der Waals surface area contributed by atoms with Crippen LogP contribution in [0.3, 0.4) is 0 Å². The second-order valence-corrected chi connectivity index (χ2v) is 6.98. The summed E-state index contributed by atoms with van der Waals surface area (Å²) in [5.74, 6) is -2.71. The minimum atomic E-state index is -1.12. The first-order valence-electron chi connectivity index (χ1n) is 9.04. The van der Waals surface area contributed by atoms with E-state index in [-0.39, 0.29) is 10.8 Å². The fraction of sp³-hybridized carbons (Fsp3) is 0.143. The van der Waals surface area contributed by atoms with Crippen molar-refractivity contribution in [3.8, 4) is 0 Å². The highest BCUT2D eigenvalue weighted by molar-refractivity contribution is 7.80. The SMILES string of the molecule is O=C1NC(=S)N(c2cccc(F)c2)C(=O)C1C=NCCc1c[nH]c2ccccc12. The molecule has 1 atom stereocenters. The number of halogens is 1. The molecule has 2 aromatic carbocycles. The lowest BCUT2D eigenvalue weighted by molar-refractivity contribution is -0.130. The third-order valence-electron chi connectivity index (χ3n) is 4.71. The van der Waals surface area contributed by atoms with Crippen molar-refractivity contribution in [1.82, 2.24) is 10.3 Å². The van der Waals surface area contributed by atoms with Gasteiger partial charge in [0, 0.05) is 29.9 Å². The first-order chi connectivity index (χ1) is 14.0. The summed E-state index contributed by atoms with van der Waals surface area (Å²) in [6.07, 6.45) is 3.93. The van der Waals surface area contributed by atoms with Crippen molar-refractivity contribution in [1.29, 1.82) is 0 Å². The Hall–Kier alpha value is -3.39. The molecule has 0 radical (unpaired) electrons. The summed E-state index contributed by atoms with van der Waals surface area (Å²) in [6.45, 7) is 0.420. The van der Waals surface area contributed by atoms with Gasteiger partial charge in [0.05, 0.1) is 5.69 Å². The van der Waals surface area contributed by atoms with E-state index in [4.69, 9.17) is 12.2 Å². The minimum absolute atomic E-state index is 0.0750. The van der Waals surface area contributed by atoms with Gasteiger partial charge < -0.3 is 10.3 Å². The number of carbonyl (C=O) groups is 2. The summed E-state index contributed by atoms with van der Waals surface area (Å²) in [6, 6.07) is 13.4. The molecule has 0 bridgehead atoms. The van der Waals surface area contributed by atoms with Gasteiger partial charge in [-0.15, -0.1) is 0 Å². The molecule has 1 aliphatic heterocycles. The molecule has 1 unspecified atom stereocenters. The van der Waals surface area contributed by atoms with Gasteiger partial charge in [0.25, 0.3) is 5.91 Å². The second-order valence-electron chi connectivity index (χ2n) is 6.59. The van der Waals surface area contributed by atoms with Crippen molar-refractivity contribution in [2.45, 2.75) is 6.42 Å². The molecule has 1 aliphatic rings. The standard InChI is InChI=1S/C21H17FN4O2S/c22-14-4-3-5-15(10-14)26-20(28)17(19(27)25-21(26)29)12-23-9-8-13-11-24-18-7-2-1-6-16(13)18/h1-7,10-12,17,24H,8-9H2,(H,25,27,29). The van der Waals surface area contributed by atoms with Crippen LogP contribution in [0.5, 0.6) is 0 Å². The molecule has 1 fully saturated rings. The lowest BCUT2D eigenvalue weighted by Crippen LogP contribution is -2.58. The summed E-state index contributed by atoms with van der Waals surface area (Å²) < 4.78 is 13.5. The predicted molar refractivity (Wildman–Crippen MR) is 113 cm³/mol. The van der Waals surface area contributed by atoms with E-state index in [1.165, 1.54) is 24.4 Å². The average molecular weight is 408 g/mol. The van der Waals surface area contributed by atoms with E-state index in [0.717, 1.165) is 21.4 Å². The quantitative estimate of drug-likeness (QED) is 0.387. The molecular weight excluding hydrogens is 391 g/mol. The number of nitrogens with one attached hydrogen (secondary N) is 2. The van der Waals surface area contributed by atoms with Gasteiger partial charge in [0.1, 0.15) is 5.82 Å². The highest BCUT2D eigenvalue weighted by atomic mass is 32.1. The summed E-state index contributed by atoms with van der Waals surface area (Å²) >= 11 is 5.10. The number of H-pyrrole nitrogens is 1. The maximum Gasteiger partial charge on any atom is 0.251 e. The molecule has 2 amide bonds. The Morgan fingerprint density at radius 3 is 2.83 bits per heavy atom. The van der Waals surface area contributed by atoms with E-state index >= 15 is 0 Å². The molecule has 4 rings (SSSR count). The number of aromatic amines is 1. The Bertz CT molecular complexity index is 1140. The summed E-state index contributed by atoms with van der Waals surface area (Å²) in [5.41, 5.74) is 2.42. The van der Waals surface area contributed by atoms with Crippen LogP contribution in [0, 0.1) is 11.7 Å². The number of rotatable bonds is 5. The topological polar surface area (TPSA) is 77.6 Å². The molecular formula is C21H17FN4O2S. The van der Waals surface area contributed by atoms with Crippen LogP contribution < -0.4 is 10.2 Å². The molecule has 8 heteroatoms. The zero-order valence-corrected chi connectivity index (χ0v) is 16.1. The third kappa shape index (κ3) is 3.79. The van der Waals surface area contributed by atoms with E-state index in [0.29, 0.717) is 13.0 Å². The lowest BCUT2D eigenvalue weighted by atomic mass is 10.1. The Labute approximate surface area is 171 Å².